The first-order valence-corrected chi connectivity index (χ1v) is 7.14. The number of hydrogen-bond acceptors (Lipinski definition) is 3. The van der Waals surface area contributed by atoms with E-state index in [1.165, 1.54) is 0 Å². The van der Waals surface area contributed by atoms with Gasteiger partial charge in [-0.15, -0.1) is 0 Å². The standard InChI is InChI=1S/C17H18N4O/c1-12-15(11-21(3)19-12)17(22)20(2)10-13-6-4-8-16-14(13)7-5-9-18-16/h4-9,11H,10H2,1-3H3. The summed E-state index contributed by atoms with van der Waals surface area (Å²) in [6.45, 7) is 2.39. The van der Waals surface area contributed by atoms with Gasteiger partial charge in [0.25, 0.3) is 5.91 Å². The van der Waals surface area contributed by atoms with Crippen molar-refractivity contribution in [1.82, 2.24) is 19.7 Å². The maximum Gasteiger partial charge on any atom is 0.257 e. The molecule has 1 aromatic carbocycles. The number of fused-ring (bicyclic) bond motifs is 1. The molecule has 0 aliphatic heterocycles. The van der Waals surface area contributed by atoms with Crippen LogP contribution in [0.1, 0.15) is 21.6 Å². The maximum atomic E-state index is 12.6. The lowest BCUT2D eigenvalue weighted by molar-refractivity contribution is 0.0785. The van der Waals surface area contributed by atoms with Crippen molar-refractivity contribution in [2.24, 2.45) is 7.05 Å². The number of rotatable bonds is 3. The van der Waals surface area contributed by atoms with Gasteiger partial charge in [0.1, 0.15) is 0 Å². The highest BCUT2D eigenvalue weighted by Crippen LogP contribution is 2.19. The van der Waals surface area contributed by atoms with Crippen LogP contribution in [0.25, 0.3) is 10.9 Å². The number of nitrogens with zero attached hydrogens (tertiary/aromatic N) is 4. The maximum absolute atomic E-state index is 12.6. The van der Waals surface area contributed by atoms with E-state index < -0.39 is 0 Å². The molecule has 3 rings (SSSR count). The van der Waals surface area contributed by atoms with Gasteiger partial charge in [0.05, 0.1) is 16.8 Å². The number of carbonyl (C=O) groups excluding carboxylic acids is 1. The minimum atomic E-state index is -0.0218. The van der Waals surface area contributed by atoms with Crippen molar-refractivity contribution in [3.8, 4) is 0 Å². The van der Waals surface area contributed by atoms with E-state index in [2.05, 4.69) is 10.1 Å². The lowest BCUT2D eigenvalue weighted by atomic mass is 10.1. The molecular formula is C17H18N4O. The van der Waals surface area contributed by atoms with Gasteiger partial charge in [0.15, 0.2) is 0 Å². The van der Waals surface area contributed by atoms with Gasteiger partial charge in [-0.2, -0.15) is 5.10 Å². The van der Waals surface area contributed by atoms with Crippen LogP contribution in [0.5, 0.6) is 0 Å². The third-order valence-electron chi connectivity index (χ3n) is 3.73. The molecule has 0 spiro atoms. The molecule has 0 unspecified atom stereocenters. The van der Waals surface area contributed by atoms with E-state index in [-0.39, 0.29) is 5.91 Å². The second-order valence-electron chi connectivity index (χ2n) is 5.45. The SMILES string of the molecule is Cc1nn(C)cc1C(=O)N(C)Cc1cccc2ncccc12. The molecule has 0 N–H and O–H groups in total. The van der Waals surface area contributed by atoms with E-state index >= 15 is 0 Å². The van der Waals surface area contributed by atoms with Crippen LogP contribution in [0, 0.1) is 6.92 Å². The lowest BCUT2D eigenvalue weighted by Crippen LogP contribution is -2.26. The molecule has 0 radical (unpaired) electrons. The Morgan fingerprint density at radius 3 is 2.82 bits per heavy atom. The summed E-state index contributed by atoms with van der Waals surface area (Å²) >= 11 is 0. The van der Waals surface area contributed by atoms with Gasteiger partial charge in [-0.25, -0.2) is 0 Å². The van der Waals surface area contributed by atoms with Crippen LogP contribution in [0.15, 0.2) is 42.7 Å². The summed E-state index contributed by atoms with van der Waals surface area (Å²) in [7, 11) is 3.63. The van der Waals surface area contributed by atoms with E-state index in [9.17, 15) is 4.79 Å². The van der Waals surface area contributed by atoms with Gasteiger partial charge in [0.2, 0.25) is 0 Å². The lowest BCUT2D eigenvalue weighted by Gasteiger charge is -2.18. The van der Waals surface area contributed by atoms with E-state index in [0.29, 0.717) is 12.1 Å². The predicted octanol–water partition coefficient (Wildman–Crippen LogP) is 2.55. The fourth-order valence-corrected chi connectivity index (χ4v) is 2.65. The predicted molar refractivity (Wildman–Crippen MR) is 85.5 cm³/mol. The molecule has 5 nitrogen and oxygen atoms in total. The van der Waals surface area contributed by atoms with Gasteiger partial charge in [0, 0.05) is 38.4 Å². The van der Waals surface area contributed by atoms with E-state index in [1.54, 1.807) is 22.0 Å². The van der Waals surface area contributed by atoms with Gasteiger partial charge < -0.3 is 4.90 Å². The molecule has 3 aromatic rings. The van der Waals surface area contributed by atoms with Crippen molar-refractivity contribution >= 4 is 16.8 Å². The molecule has 5 heteroatoms. The van der Waals surface area contributed by atoms with Crippen LogP contribution in [0.2, 0.25) is 0 Å². The Hall–Kier alpha value is -2.69. The van der Waals surface area contributed by atoms with Crippen molar-refractivity contribution in [2.75, 3.05) is 7.05 Å². The van der Waals surface area contributed by atoms with E-state index in [0.717, 1.165) is 22.2 Å². The van der Waals surface area contributed by atoms with Crippen molar-refractivity contribution in [1.29, 1.82) is 0 Å². The van der Waals surface area contributed by atoms with Gasteiger partial charge in [-0.05, 0) is 24.6 Å². The highest BCUT2D eigenvalue weighted by molar-refractivity contribution is 5.95. The third-order valence-corrected chi connectivity index (χ3v) is 3.73. The fraction of sp³-hybridized carbons (Fsp3) is 0.235. The van der Waals surface area contributed by atoms with Crippen LogP contribution in [0.4, 0.5) is 0 Å². The Balaban J connectivity index is 1.88. The number of amides is 1. The van der Waals surface area contributed by atoms with Gasteiger partial charge in [-0.3, -0.25) is 14.5 Å². The second kappa shape index (κ2) is 5.60. The summed E-state index contributed by atoms with van der Waals surface area (Å²) in [4.78, 5) is 18.6. The molecule has 22 heavy (non-hydrogen) atoms. The van der Waals surface area contributed by atoms with Gasteiger partial charge in [-0.1, -0.05) is 18.2 Å². The Morgan fingerprint density at radius 1 is 1.27 bits per heavy atom. The van der Waals surface area contributed by atoms with E-state index in [1.807, 2.05) is 51.4 Å². The zero-order valence-corrected chi connectivity index (χ0v) is 12.9. The summed E-state index contributed by atoms with van der Waals surface area (Å²) in [5, 5.41) is 5.31. The number of hydrogen-bond donors (Lipinski definition) is 0. The van der Waals surface area contributed by atoms with Crippen molar-refractivity contribution < 1.29 is 4.79 Å². The quantitative estimate of drug-likeness (QED) is 0.746. The molecule has 112 valence electrons. The van der Waals surface area contributed by atoms with Crippen LogP contribution in [0.3, 0.4) is 0 Å². The summed E-state index contributed by atoms with van der Waals surface area (Å²) < 4.78 is 1.66. The third kappa shape index (κ3) is 2.57. The Labute approximate surface area is 129 Å². The van der Waals surface area contributed by atoms with Crippen LogP contribution in [-0.2, 0) is 13.6 Å². The summed E-state index contributed by atoms with van der Waals surface area (Å²) in [6.07, 6.45) is 3.54. The average molecular weight is 294 g/mol. The molecule has 0 aliphatic carbocycles. The number of aryl methyl sites for hydroxylation is 2. The smallest absolute Gasteiger partial charge is 0.257 e. The topological polar surface area (TPSA) is 51.0 Å². The minimum absolute atomic E-state index is 0.0218. The first-order valence-electron chi connectivity index (χ1n) is 7.14. The monoisotopic (exact) mass is 294 g/mol. The Bertz CT molecular complexity index is 832. The van der Waals surface area contributed by atoms with Crippen LogP contribution >= 0.6 is 0 Å². The molecular weight excluding hydrogens is 276 g/mol. The van der Waals surface area contributed by atoms with Crippen molar-refractivity contribution in [2.45, 2.75) is 13.5 Å². The first kappa shape index (κ1) is 14.3. The van der Waals surface area contributed by atoms with Crippen LogP contribution < -0.4 is 0 Å². The largest absolute Gasteiger partial charge is 0.337 e. The number of benzene rings is 1. The zero-order valence-electron chi connectivity index (χ0n) is 12.9. The highest BCUT2D eigenvalue weighted by Gasteiger charge is 2.17. The van der Waals surface area contributed by atoms with Crippen molar-refractivity contribution in [3.05, 3.63) is 59.5 Å². The molecule has 0 saturated carbocycles. The molecule has 2 aromatic heterocycles. The van der Waals surface area contributed by atoms with Crippen LogP contribution in [-0.4, -0.2) is 32.6 Å². The number of carbonyl (C=O) groups is 1. The minimum Gasteiger partial charge on any atom is -0.337 e. The normalized spacial score (nSPS) is 10.9. The average Bonchev–Trinajstić information content (AvgIpc) is 2.85. The molecule has 0 saturated heterocycles. The molecule has 0 atom stereocenters. The summed E-state index contributed by atoms with van der Waals surface area (Å²) in [5.74, 6) is -0.0218. The number of pyridine rings is 1. The molecule has 0 bridgehead atoms. The Kier molecular flexibility index (Phi) is 3.63. The number of aromatic nitrogens is 3. The Morgan fingerprint density at radius 2 is 2.09 bits per heavy atom. The van der Waals surface area contributed by atoms with E-state index in [4.69, 9.17) is 0 Å². The van der Waals surface area contributed by atoms with Crippen molar-refractivity contribution in [3.63, 3.8) is 0 Å². The summed E-state index contributed by atoms with van der Waals surface area (Å²) in [5.41, 5.74) is 3.42. The molecule has 0 aliphatic rings. The summed E-state index contributed by atoms with van der Waals surface area (Å²) in [6, 6.07) is 9.93. The second-order valence-corrected chi connectivity index (χ2v) is 5.45. The fourth-order valence-electron chi connectivity index (χ4n) is 2.65. The van der Waals surface area contributed by atoms with Gasteiger partial charge >= 0.3 is 0 Å². The first-order chi connectivity index (χ1) is 10.6. The highest BCUT2D eigenvalue weighted by atomic mass is 16.2. The molecule has 0 fully saturated rings. The molecule has 2 heterocycles. The molecule has 1 amide bonds. The zero-order chi connectivity index (χ0) is 15.7.